The van der Waals surface area contributed by atoms with Gasteiger partial charge < -0.3 is 15.7 Å². The normalized spacial score (nSPS) is 16.8. The van der Waals surface area contributed by atoms with Crippen LogP contribution in [0.1, 0.15) is 36.8 Å². The molecule has 1 atom stereocenters. The Bertz CT molecular complexity index is 495. The third kappa shape index (κ3) is 3.32. The predicted molar refractivity (Wildman–Crippen MR) is 70.3 cm³/mol. The van der Waals surface area contributed by atoms with Gasteiger partial charge in [0.15, 0.2) is 5.69 Å². The molecule has 0 spiro atoms. The number of carboxylic acid groups (broad SMARTS) is 1. The molecule has 1 aromatic heterocycles. The molecule has 8 nitrogen and oxygen atoms in total. The molecule has 1 amide bonds. The van der Waals surface area contributed by atoms with E-state index in [4.69, 9.17) is 5.11 Å². The van der Waals surface area contributed by atoms with Gasteiger partial charge in [-0.2, -0.15) is 0 Å². The molecule has 0 unspecified atom stereocenters. The molecule has 3 N–H and O–H groups in total. The standard InChI is InChI=1S/C12H19N5O3/c1-7(2)3-9(12(19)20)14-11(18)10-6-17(16-15-10)8-4-13-5-8/h6-9,13H,3-5H2,1-2H3,(H,14,18)(H,19,20)/t9-/m0/s1. The second kappa shape index (κ2) is 6.00. The maximum Gasteiger partial charge on any atom is 0.326 e. The monoisotopic (exact) mass is 281 g/mol. The maximum atomic E-state index is 12.0. The van der Waals surface area contributed by atoms with E-state index in [2.05, 4.69) is 20.9 Å². The Labute approximate surface area is 116 Å². The number of nitrogens with zero attached hydrogens (tertiary/aromatic N) is 3. The summed E-state index contributed by atoms with van der Waals surface area (Å²) in [7, 11) is 0. The molecule has 1 aliphatic rings. The average molecular weight is 281 g/mol. The van der Waals surface area contributed by atoms with Crippen molar-refractivity contribution in [2.24, 2.45) is 5.92 Å². The fourth-order valence-corrected chi connectivity index (χ4v) is 1.94. The Morgan fingerprint density at radius 1 is 1.55 bits per heavy atom. The van der Waals surface area contributed by atoms with Gasteiger partial charge in [0.2, 0.25) is 0 Å². The topological polar surface area (TPSA) is 109 Å². The van der Waals surface area contributed by atoms with E-state index in [0.717, 1.165) is 13.1 Å². The van der Waals surface area contributed by atoms with Crippen molar-refractivity contribution in [3.05, 3.63) is 11.9 Å². The lowest BCUT2D eigenvalue weighted by atomic mass is 10.0. The second-order valence-electron chi connectivity index (χ2n) is 5.39. The number of aliphatic carboxylic acids is 1. The number of rotatable bonds is 6. The average Bonchev–Trinajstić information content (AvgIpc) is 2.74. The van der Waals surface area contributed by atoms with Crippen LogP contribution in [0.25, 0.3) is 0 Å². The molecular weight excluding hydrogens is 262 g/mol. The largest absolute Gasteiger partial charge is 0.480 e. The van der Waals surface area contributed by atoms with Gasteiger partial charge in [-0.25, -0.2) is 9.48 Å². The number of hydrogen-bond donors (Lipinski definition) is 3. The molecule has 0 saturated carbocycles. The molecule has 0 radical (unpaired) electrons. The summed E-state index contributed by atoms with van der Waals surface area (Å²) in [5.41, 5.74) is 0.145. The van der Waals surface area contributed by atoms with E-state index in [1.165, 1.54) is 0 Å². The highest BCUT2D eigenvalue weighted by molar-refractivity contribution is 5.94. The van der Waals surface area contributed by atoms with E-state index in [9.17, 15) is 9.59 Å². The van der Waals surface area contributed by atoms with E-state index in [1.54, 1.807) is 10.9 Å². The van der Waals surface area contributed by atoms with Gasteiger partial charge in [-0.05, 0) is 12.3 Å². The summed E-state index contributed by atoms with van der Waals surface area (Å²) in [4.78, 5) is 23.1. The Morgan fingerprint density at radius 3 is 2.75 bits per heavy atom. The Balaban J connectivity index is 1.98. The van der Waals surface area contributed by atoms with Crippen LogP contribution in [0.2, 0.25) is 0 Å². The minimum Gasteiger partial charge on any atom is -0.480 e. The first-order valence-corrected chi connectivity index (χ1v) is 6.63. The minimum absolute atomic E-state index is 0.145. The summed E-state index contributed by atoms with van der Waals surface area (Å²) in [5.74, 6) is -1.37. The van der Waals surface area contributed by atoms with Gasteiger partial charge >= 0.3 is 5.97 Å². The van der Waals surface area contributed by atoms with Gasteiger partial charge in [0, 0.05) is 13.1 Å². The molecular formula is C12H19N5O3. The van der Waals surface area contributed by atoms with Gasteiger partial charge in [-0.15, -0.1) is 5.10 Å². The molecule has 2 rings (SSSR count). The number of aromatic nitrogens is 3. The summed E-state index contributed by atoms with van der Waals surface area (Å²) in [5, 5.41) is 22.4. The summed E-state index contributed by atoms with van der Waals surface area (Å²) in [6.45, 7) is 5.41. The van der Waals surface area contributed by atoms with Gasteiger partial charge in [0.25, 0.3) is 5.91 Å². The van der Waals surface area contributed by atoms with Crippen LogP contribution >= 0.6 is 0 Å². The number of carbonyl (C=O) groups is 2. The van der Waals surface area contributed by atoms with Gasteiger partial charge in [0.05, 0.1) is 12.2 Å². The molecule has 20 heavy (non-hydrogen) atoms. The number of carboxylic acids is 1. The van der Waals surface area contributed by atoms with Crippen LogP contribution in [-0.4, -0.2) is 51.1 Å². The SMILES string of the molecule is CC(C)C[C@H](NC(=O)c1cn(C2CNC2)nn1)C(=O)O. The number of amides is 1. The molecule has 110 valence electrons. The molecule has 1 aromatic rings. The third-order valence-corrected chi connectivity index (χ3v) is 3.19. The smallest absolute Gasteiger partial charge is 0.326 e. The van der Waals surface area contributed by atoms with Crippen LogP contribution in [-0.2, 0) is 4.79 Å². The molecule has 1 aliphatic heterocycles. The molecule has 0 aromatic carbocycles. The van der Waals surface area contributed by atoms with Gasteiger partial charge in [-0.3, -0.25) is 4.79 Å². The predicted octanol–water partition coefficient (Wildman–Crippen LogP) is -0.348. The summed E-state index contributed by atoms with van der Waals surface area (Å²) in [6.07, 6.45) is 1.93. The van der Waals surface area contributed by atoms with Crippen LogP contribution in [0, 0.1) is 5.92 Å². The van der Waals surface area contributed by atoms with E-state index < -0.39 is 17.9 Å². The van der Waals surface area contributed by atoms with Crippen LogP contribution in [0.4, 0.5) is 0 Å². The van der Waals surface area contributed by atoms with E-state index in [1.807, 2.05) is 13.8 Å². The lowest BCUT2D eigenvalue weighted by molar-refractivity contribution is -0.139. The minimum atomic E-state index is -1.04. The number of hydrogen-bond acceptors (Lipinski definition) is 5. The number of carbonyl (C=O) groups excluding carboxylic acids is 1. The highest BCUT2D eigenvalue weighted by atomic mass is 16.4. The van der Waals surface area contributed by atoms with Crippen molar-refractivity contribution in [2.75, 3.05) is 13.1 Å². The zero-order chi connectivity index (χ0) is 14.7. The van der Waals surface area contributed by atoms with Crippen LogP contribution in [0.5, 0.6) is 0 Å². The van der Waals surface area contributed by atoms with Crippen molar-refractivity contribution in [1.82, 2.24) is 25.6 Å². The Hall–Kier alpha value is -1.96. The van der Waals surface area contributed by atoms with Crippen LogP contribution in [0.15, 0.2) is 6.20 Å². The van der Waals surface area contributed by atoms with Gasteiger partial charge in [0.1, 0.15) is 6.04 Å². The third-order valence-electron chi connectivity index (χ3n) is 3.19. The van der Waals surface area contributed by atoms with Crippen molar-refractivity contribution in [3.8, 4) is 0 Å². The van der Waals surface area contributed by atoms with Crippen molar-refractivity contribution in [2.45, 2.75) is 32.4 Å². The summed E-state index contributed by atoms with van der Waals surface area (Å²) < 4.78 is 1.63. The van der Waals surface area contributed by atoms with E-state index >= 15 is 0 Å². The van der Waals surface area contributed by atoms with Crippen molar-refractivity contribution >= 4 is 11.9 Å². The van der Waals surface area contributed by atoms with Gasteiger partial charge in [-0.1, -0.05) is 19.1 Å². The maximum absolute atomic E-state index is 12.0. The quantitative estimate of drug-likeness (QED) is 0.657. The molecule has 8 heteroatoms. The summed E-state index contributed by atoms with van der Waals surface area (Å²) >= 11 is 0. The zero-order valence-electron chi connectivity index (χ0n) is 11.5. The van der Waals surface area contributed by atoms with Crippen molar-refractivity contribution in [3.63, 3.8) is 0 Å². The Morgan fingerprint density at radius 2 is 2.25 bits per heavy atom. The first-order valence-electron chi connectivity index (χ1n) is 6.63. The molecule has 1 fully saturated rings. The van der Waals surface area contributed by atoms with Crippen LogP contribution < -0.4 is 10.6 Å². The fourth-order valence-electron chi connectivity index (χ4n) is 1.94. The molecule has 0 aliphatic carbocycles. The number of nitrogens with one attached hydrogen (secondary N) is 2. The second-order valence-corrected chi connectivity index (χ2v) is 5.39. The Kier molecular flexibility index (Phi) is 4.33. The molecule has 1 saturated heterocycles. The molecule has 2 heterocycles. The van der Waals surface area contributed by atoms with E-state index in [-0.39, 0.29) is 17.7 Å². The fraction of sp³-hybridized carbons (Fsp3) is 0.667. The first kappa shape index (κ1) is 14.4. The first-order chi connectivity index (χ1) is 9.47. The highest BCUT2D eigenvalue weighted by Gasteiger charge is 2.25. The van der Waals surface area contributed by atoms with Crippen molar-refractivity contribution in [1.29, 1.82) is 0 Å². The lowest BCUT2D eigenvalue weighted by Gasteiger charge is -2.26. The lowest BCUT2D eigenvalue weighted by Crippen LogP contribution is -2.43. The van der Waals surface area contributed by atoms with Crippen molar-refractivity contribution < 1.29 is 14.7 Å². The van der Waals surface area contributed by atoms with E-state index in [0.29, 0.717) is 6.42 Å². The highest BCUT2D eigenvalue weighted by Crippen LogP contribution is 2.10. The molecule has 0 bridgehead atoms. The summed E-state index contributed by atoms with van der Waals surface area (Å²) in [6, 6.07) is -0.687. The van der Waals surface area contributed by atoms with Crippen LogP contribution in [0.3, 0.4) is 0 Å². The zero-order valence-corrected chi connectivity index (χ0v) is 11.5.